The topological polar surface area (TPSA) is 77.0 Å². The highest BCUT2D eigenvalue weighted by Gasteiger charge is 2.24. The third kappa shape index (κ3) is 3.69. The average Bonchev–Trinajstić information content (AvgIpc) is 3.10. The average molecular weight is 352 g/mol. The number of hydrogen-bond donors (Lipinski definition) is 1. The van der Waals surface area contributed by atoms with Crippen molar-refractivity contribution in [3.8, 4) is 10.7 Å². The second-order valence-electron chi connectivity index (χ2n) is 5.65. The molecule has 1 unspecified atom stereocenters. The Morgan fingerprint density at radius 1 is 1.30 bits per heavy atom. The summed E-state index contributed by atoms with van der Waals surface area (Å²) in [6.07, 6.45) is 4.62. The number of thioether (sulfide) groups is 1. The van der Waals surface area contributed by atoms with E-state index in [2.05, 4.69) is 10.2 Å². The molecule has 124 valence electrons. The number of likely N-dealkylation sites (tertiary alicyclic amines) is 1. The number of rotatable bonds is 4. The van der Waals surface area contributed by atoms with Gasteiger partial charge in [-0.2, -0.15) is 0 Å². The number of nitrogen functional groups attached to an aromatic ring is 1. The molecule has 1 saturated heterocycles. The van der Waals surface area contributed by atoms with E-state index in [9.17, 15) is 4.79 Å². The van der Waals surface area contributed by atoms with Gasteiger partial charge in [0.05, 0.1) is 10.1 Å². The fourth-order valence-electron chi connectivity index (χ4n) is 2.69. The van der Waals surface area contributed by atoms with Gasteiger partial charge in [0.1, 0.15) is 0 Å². The van der Waals surface area contributed by atoms with Crippen LogP contribution >= 0.6 is 23.1 Å². The second-order valence-corrected chi connectivity index (χ2v) is 7.91. The van der Waals surface area contributed by atoms with Gasteiger partial charge in [-0.3, -0.25) is 4.79 Å². The molecule has 0 bridgehead atoms. The van der Waals surface area contributed by atoms with Gasteiger partial charge in [-0.15, -0.1) is 21.5 Å². The predicted octanol–water partition coefficient (Wildman–Crippen LogP) is 2.60. The second kappa shape index (κ2) is 7.35. The molecule has 0 aromatic carbocycles. The van der Waals surface area contributed by atoms with E-state index in [1.165, 1.54) is 29.3 Å². The maximum atomic E-state index is 12.6. The third-order valence-electron chi connectivity index (χ3n) is 3.95. The van der Waals surface area contributed by atoms with Crippen molar-refractivity contribution >= 4 is 29.0 Å². The van der Waals surface area contributed by atoms with Gasteiger partial charge in [0.15, 0.2) is 5.82 Å². The standard InChI is InChI=1S/C15H21N5OS2/c1-11(14(21)19-8-4-2-3-5-9-19)23-15-18-17-13(20(15)16)12-7-6-10-22-12/h6-7,10-11H,2-5,8-9,16H2,1H3. The summed E-state index contributed by atoms with van der Waals surface area (Å²) in [6, 6.07) is 3.91. The van der Waals surface area contributed by atoms with Gasteiger partial charge in [0.2, 0.25) is 11.1 Å². The zero-order valence-corrected chi connectivity index (χ0v) is 14.8. The maximum Gasteiger partial charge on any atom is 0.235 e. The van der Waals surface area contributed by atoms with Crippen molar-refractivity contribution < 1.29 is 4.79 Å². The summed E-state index contributed by atoms with van der Waals surface area (Å²) in [4.78, 5) is 15.6. The van der Waals surface area contributed by atoms with Crippen molar-refractivity contribution in [2.75, 3.05) is 18.9 Å². The molecule has 8 heteroatoms. The van der Waals surface area contributed by atoms with Crippen LogP contribution in [-0.2, 0) is 4.79 Å². The smallest absolute Gasteiger partial charge is 0.235 e. The van der Waals surface area contributed by atoms with Crippen molar-refractivity contribution in [3.63, 3.8) is 0 Å². The van der Waals surface area contributed by atoms with Gasteiger partial charge in [0.25, 0.3) is 0 Å². The van der Waals surface area contributed by atoms with E-state index in [-0.39, 0.29) is 11.2 Å². The normalized spacial score (nSPS) is 17.0. The van der Waals surface area contributed by atoms with E-state index in [0.29, 0.717) is 11.0 Å². The summed E-state index contributed by atoms with van der Waals surface area (Å²) >= 11 is 2.94. The van der Waals surface area contributed by atoms with Crippen LogP contribution in [0.4, 0.5) is 0 Å². The van der Waals surface area contributed by atoms with E-state index in [4.69, 9.17) is 5.84 Å². The monoisotopic (exact) mass is 351 g/mol. The minimum absolute atomic E-state index is 0.164. The Bertz CT molecular complexity index is 647. The first kappa shape index (κ1) is 16.3. The summed E-state index contributed by atoms with van der Waals surface area (Å²) in [5.41, 5.74) is 0. The highest BCUT2D eigenvalue weighted by atomic mass is 32.2. The quantitative estimate of drug-likeness (QED) is 0.677. The minimum atomic E-state index is -0.212. The van der Waals surface area contributed by atoms with Crippen LogP contribution in [0.3, 0.4) is 0 Å². The van der Waals surface area contributed by atoms with Crippen LogP contribution in [0.15, 0.2) is 22.7 Å². The lowest BCUT2D eigenvalue weighted by Crippen LogP contribution is -2.37. The van der Waals surface area contributed by atoms with Crippen molar-refractivity contribution in [1.29, 1.82) is 0 Å². The molecular formula is C15H21N5OS2. The van der Waals surface area contributed by atoms with E-state index in [1.54, 1.807) is 11.3 Å². The molecule has 1 atom stereocenters. The first-order valence-corrected chi connectivity index (χ1v) is 9.62. The molecule has 6 nitrogen and oxygen atoms in total. The number of carbonyl (C=O) groups is 1. The SMILES string of the molecule is CC(Sc1nnc(-c2cccs2)n1N)C(=O)N1CCCCCC1. The van der Waals surface area contributed by atoms with Gasteiger partial charge in [-0.05, 0) is 31.2 Å². The van der Waals surface area contributed by atoms with E-state index in [0.717, 1.165) is 30.8 Å². The van der Waals surface area contributed by atoms with Crippen LogP contribution in [0.25, 0.3) is 10.7 Å². The van der Waals surface area contributed by atoms with Gasteiger partial charge in [-0.1, -0.05) is 30.7 Å². The van der Waals surface area contributed by atoms with Gasteiger partial charge < -0.3 is 10.7 Å². The lowest BCUT2D eigenvalue weighted by Gasteiger charge is -2.23. The van der Waals surface area contributed by atoms with Crippen molar-refractivity contribution in [3.05, 3.63) is 17.5 Å². The van der Waals surface area contributed by atoms with Gasteiger partial charge >= 0.3 is 0 Å². The zero-order valence-electron chi connectivity index (χ0n) is 13.1. The molecule has 1 aliphatic heterocycles. The Balaban J connectivity index is 1.68. The molecule has 1 aliphatic rings. The fraction of sp³-hybridized carbons (Fsp3) is 0.533. The van der Waals surface area contributed by atoms with Crippen LogP contribution in [0.1, 0.15) is 32.6 Å². The van der Waals surface area contributed by atoms with Crippen LogP contribution in [-0.4, -0.2) is 44.0 Å². The lowest BCUT2D eigenvalue weighted by atomic mass is 10.2. The Morgan fingerprint density at radius 2 is 2.04 bits per heavy atom. The highest BCUT2D eigenvalue weighted by Crippen LogP contribution is 2.28. The molecule has 0 saturated carbocycles. The molecule has 0 spiro atoms. The highest BCUT2D eigenvalue weighted by molar-refractivity contribution is 8.00. The number of amides is 1. The molecule has 1 amide bonds. The molecule has 0 radical (unpaired) electrons. The minimum Gasteiger partial charge on any atom is -0.342 e. The van der Waals surface area contributed by atoms with Crippen molar-refractivity contribution in [1.82, 2.24) is 19.8 Å². The predicted molar refractivity (Wildman–Crippen MR) is 93.9 cm³/mol. The summed E-state index contributed by atoms with van der Waals surface area (Å²) in [6.45, 7) is 3.64. The molecule has 1 fully saturated rings. The molecule has 0 aliphatic carbocycles. The zero-order chi connectivity index (χ0) is 16.2. The largest absolute Gasteiger partial charge is 0.342 e. The number of carbonyl (C=O) groups excluding carboxylic acids is 1. The fourth-order valence-corrected chi connectivity index (χ4v) is 4.25. The molecule has 2 aromatic heterocycles. The van der Waals surface area contributed by atoms with Crippen LogP contribution in [0.2, 0.25) is 0 Å². The Kier molecular flexibility index (Phi) is 5.22. The maximum absolute atomic E-state index is 12.6. The Morgan fingerprint density at radius 3 is 2.70 bits per heavy atom. The lowest BCUT2D eigenvalue weighted by molar-refractivity contribution is -0.130. The van der Waals surface area contributed by atoms with Crippen molar-refractivity contribution in [2.24, 2.45) is 0 Å². The molecular weight excluding hydrogens is 330 g/mol. The Hall–Kier alpha value is -1.54. The molecule has 23 heavy (non-hydrogen) atoms. The van der Waals surface area contributed by atoms with Gasteiger partial charge in [-0.25, -0.2) is 4.68 Å². The van der Waals surface area contributed by atoms with E-state index in [1.807, 2.05) is 29.3 Å². The number of thiophene rings is 1. The van der Waals surface area contributed by atoms with E-state index >= 15 is 0 Å². The number of nitrogens with zero attached hydrogens (tertiary/aromatic N) is 4. The summed E-state index contributed by atoms with van der Waals surface area (Å²) in [5.74, 6) is 6.90. The summed E-state index contributed by atoms with van der Waals surface area (Å²) in [5, 5.41) is 10.6. The molecule has 3 rings (SSSR count). The first-order valence-electron chi connectivity index (χ1n) is 7.86. The number of nitrogens with two attached hydrogens (primary N) is 1. The van der Waals surface area contributed by atoms with Crippen LogP contribution in [0, 0.1) is 0 Å². The van der Waals surface area contributed by atoms with Crippen LogP contribution in [0.5, 0.6) is 0 Å². The summed E-state index contributed by atoms with van der Waals surface area (Å²) in [7, 11) is 0. The molecule has 2 N–H and O–H groups in total. The van der Waals surface area contributed by atoms with Gasteiger partial charge in [0, 0.05) is 13.1 Å². The van der Waals surface area contributed by atoms with E-state index < -0.39 is 0 Å². The molecule has 3 heterocycles. The first-order chi connectivity index (χ1) is 11.2. The summed E-state index contributed by atoms with van der Waals surface area (Å²) < 4.78 is 1.47. The Labute approximate surface area is 144 Å². The van der Waals surface area contributed by atoms with Crippen molar-refractivity contribution in [2.45, 2.75) is 43.0 Å². The number of hydrogen-bond acceptors (Lipinski definition) is 6. The van der Waals surface area contributed by atoms with Crippen LogP contribution < -0.4 is 5.84 Å². The number of aromatic nitrogens is 3. The third-order valence-corrected chi connectivity index (χ3v) is 5.86. The molecule has 2 aromatic rings.